The summed E-state index contributed by atoms with van der Waals surface area (Å²) in [6, 6.07) is 0.547. The summed E-state index contributed by atoms with van der Waals surface area (Å²) in [5.41, 5.74) is 0. The summed E-state index contributed by atoms with van der Waals surface area (Å²) in [5, 5.41) is 3.65. The molecule has 1 aliphatic heterocycles. The number of hydrogen-bond acceptors (Lipinski definition) is 2. The highest BCUT2D eigenvalue weighted by molar-refractivity contribution is 4.77. The normalized spacial score (nSPS) is 29.4. The first-order valence-electron chi connectivity index (χ1n) is 7.21. The lowest BCUT2D eigenvalue weighted by Gasteiger charge is -2.24. The van der Waals surface area contributed by atoms with Gasteiger partial charge in [-0.2, -0.15) is 0 Å². The maximum atomic E-state index is 5.69. The molecule has 0 spiro atoms. The second kappa shape index (κ2) is 6.61. The Hall–Kier alpha value is -0.0800. The van der Waals surface area contributed by atoms with Crippen molar-refractivity contribution in [3.63, 3.8) is 0 Å². The Kier molecular flexibility index (Phi) is 5.11. The van der Waals surface area contributed by atoms with Crippen molar-refractivity contribution in [1.82, 2.24) is 5.32 Å². The first-order chi connectivity index (χ1) is 7.86. The molecule has 2 heteroatoms. The van der Waals surface area contributed by atoms with Crippen LogP contribution in [0.25, 0.3) is 0 Å². The fourth-order valence-electron chi connectivity index (χ4n) is 3.12. The maximum Gasteiger partial charge on any atom is 0.0726 e. The van der Waals surface area contributed by atoms with Gasteiger partial charge < -0.3 is 10.1 Å². The van der Waals surface area contributed by atoms with Crippen molar-refractivity contribution in [1.29, 1.82) is 0 Å². The monoisotopic (exact) mass is 225 g/mol. The van der Waals surface area contributed by atoms with E-state index < -0.39 is 0 Å². The van der Waals surface area contributed by atoms with E-state index in [0.717, 1.165) is 12.5 Å². The van der Waals surface area contributed by atoms with Crippen molar-refractivity contribution in [2.45, 2.75) is 70.4 Å². The lowest BCUT2D eigenvalue weighted by molar-refractivity contribution is 0.0830. The van der Waals surface area contributed by atoms with E-state index >= 15 is 0 Å². The van der Waals surface area contributed by atoms with E-state index in [9.17, 15) is 0 Å². The van der Waals surface area contributed by atoms with Crippen molar-refractivity contribution in [3.8, 4) is 0 Å². The molecular formula is C14H27NO. The summed E-state index contributed by atoms with van der Waals surface area (Å²) in [5.74, 6) is 0.998. The number of hydrogen-bond donors (Lipinski definition) is 1. The second-order valence-electron chi connectivity index (χ2n) is 5.59. The summed E-state index contributed by atoms with van der Waals surface area (Å²) < 4.78 is 5.69. The van der Waals surface area contributed by atoms with Crippen molar-refractivity contribution in [3.05, 3.63) is 0 Å². The average molecular weight is 225 g/mol. The summed E-state index contributed by atoms with van der Waals surface area (Å²) in [4.78, 5) is 0. The molecule has 2 atom stereocenters. The van der Waals surface area contributed by atoms with Gasteiger partial charge in [0, 0.05) is 12.6 Å². The smallest absolute Gasteiger partial charge is 0.0726 e. The van der Waals surface area contributed by atoms with Crippen LogP contribution in [0.2, 0.25) is 0 Å². The lowest BCUT2D eigenvalue weighted by atomic mass is 9.87. The molecule has 0 amide bonds. The Morgan fingerprint density at radius 2 is 1.94 bits per heavy atom. The van der Waals surface area contributed by atoms with Crippen LogP contribution in [-0.4, -0.2) is 25.3 Å². The Labute approximate surface area is 100 Å². The summed E-state index contributed by atoms with van der Waals surface area (Å²) in [6.07, 6.45) is 11.7. The molecule has 1 saturated carbocycles. The molecule has 0 radical (unpaired) electrons. The molecule has 2 nitrogen and oxygen atoms in total. The first-order valence-corrected chi connectivity index (χ1v) is 7.21. The van der Waals surface area contributed by atoms with Gasteiger partial charge in [0.1, 0.15) is 0 Å². The maximum absolute atomic E-state index is 5.69. The van der Waals surface area contributed by atoms with Crippen LogP contribution in [0, 0.1) is 5.92 Å². The lowest BCUT2D eigenvalue weighted by Crippen LogP contribution is -2.38. The van der Waals surface area contributed by atoms with E-state index in [1.54, 1.807) is 0 Å². The molecule has 94 valence electrons. The van der Waals surface area contributed by atoms with Gasteiger partial charge in [-0.05, 0) is 38.6 Å². The van der Waals surface area contributed by atoms with Gasteiger partial charge in [0.05, 0.1) is 6.10 Å². The summed E-state index contributed by atoms with van der Waals surface area (Å²) in [7, 11) is 0. The third kappa shape index (κ3) is 3.74. The molecule has 16 heavy (non-hydrogen) atoms. The van der Waals surface area contributed by atoms with Crippen LogP contribution < -0.4 is 5.32 Å². The molecule has 2 fully saturated rings. The van der Waals surface area contributed by atoms with Crippen molar-refractivity contribution >= 4 is 0 Å². The summed E-state index contributed by atoms with van der Waals surface area (Å²) in [6.45, 7) is 4.43. The molecule has 0 bridgehead atoms. The molecule has 1 N–H and O–H groups in total. The van der Waals surface area contributed by atoms with Crippen molar-refractivity contribution in [2.24, 2.45) is 5.92 Å². The highest BCUT2D eigenvalue weighted by Crippen LogP contribution is 2.25. The molecule has 2 unspecified atom stereocenters. The van der Waals surface area contributed by atoms with Crippen LogP contribution in [0.3, 0.4) is 0 Å². The van der Waals surface area contributed by atoms with Crippen LogP contribution in [0.5, 0.6) is 0 Å². The molecule has 2 rings (SSSR count). The number of nitrogens with one attached hydrogen (secondary N) is 1. The minimum Gasteiger partial charge on any atom is -0.377 e. The van der Waals surface area contributed by atoms with Crippen LogP contribution in [0.15, 0.2) is 0 Å². The van der Waals surface area contributed by atoms with Gasteiger partial charge in [0.15, 0.2) is 0 Å². The highest BCUT2D eigenvalue weighted by atomic mass is 16.5. The second-order valence-corrected chi connectivity index (χ2v) is 5.59. The average Bonchev–Trinajstić information content (AvgIpc) is 2.84. The zero-order chi connectivity index (χ0) is 11.2. The molecule has 2 aliphatic rings. The standard InChI is InChI=1S/C14H27NO/c1-12(14-8-5-11-16-14)15-10-9-13-6-3-2-4-7-13/h12-15H,2-11H2,1H3. The molecule has 0 aromatic carbocycles. The Morgan fingerprint density at radius 3 is 2.62 bits per heavy atom. The van der Waals surface area contributed by atoms with E-state index in [2.05, 4.69) is 12.2 Å². The van der Waals surface area contributed by atoms with E-state index in [0.29, 0.717) is 12.1 Å². The van der Waals surface area contributed by atoms with Gasteiger partial charge in [0.2, 0.25) is 0 Å². The Morgan fingerprint density at radius 1 is 1.12 bits per heavy atom. The molecule has 0 aromatic heterocycles. The quantitative estimate of drug-likeness (QED) is 0.776. The zero-order valence-corrected chi connectivity index (χ0v) is 10.7. The minimum absolute atomic E-state index is 0.478. The van der Waals surface area contributed by atoms with Gasteiger partial charge in [-0.3, -0.25) is 0 Å². The van der Waals surface area contributed by atoms with Crippen LogP contribution in [0.1, 0.15) is 58.3 Å². The third-order valence-electron chi connectivity index (χ3n) is 4.27. The van der Waals surface area contributed by atoms with Gasteiger partial charge in [-0.25, -0.2) is 0 Å². The van der Waals surface area contributed by atoms with E-state index in [4.69, 9.17) is 4.74 Å². The highest BCUT2D eigenvalue weighted by Gasteiger charge is 2.22. The molecule has 1 saturated heterocycles. The predicted octanol–water partition coefficient (Wildman–Crippen LogP) is 3.11. The predicted molar refractivity (Wildman–Crippen MR) is 67.6 cm³/mol. The fourth-order valence-corrected chi connectivity index (χ4v) is 3.12. The Bertz CT molecular complexity index is 183. The Balaban J connectivity index is 1.56. The van der Waals surface area contributed by atoms with Gasteiger partial charge in [-0.1, -0.05) is 32.1 Å². The van der Waals surface area contributed by atoms with E-state index in [-0.39, 0.29) is 0 Å². The van der Waals surface area contributed by atoms with E-state index in [1.165, 1.54) is 57.9 Å². The van der Waals surface area contributed by atoms with Gasteiger partial charge in [0.25, 0.3) is 0 Å². The van der Waals surface area contributed by atoms with Crippen LogP contribution in [0.4, 0.5) is 0 Å². The number of ether oxygens (including phenoxy) is 1. The van der Waals surface area contributed by atoms with Crippen LogP contribution >= 0.6 is 0 Å². The fraction of sp³-hybridized carbons (Fsp3) is 1.00. The molecule has 1 heterocycles. The summed E-state index contributed by atoms with van der Waals surface area (Å²) >= 11 is 0. The molecular weight excluding hydrogens is 198 g/mol. The van der Waals surface area contributed by atoms with Gasteiger partial charge in [-0.15, -0.1) is 0 Å². The first kappa shape index (κ1) is 12.4. The minimum atomic E-state index is 0.478. The van der Waals surface area contributed by atoms with Gasteiger partial charge >= 0.3 is 0 Å². The number of rotatable bonds is 5. The third-order valence-corrected chi connectivity index (χ3v) is 4.27. The van der Waals surface area contributed by atoms with Crippen molar-refractivity contribution in [2.75, 3.05) is 13.2 Å². The topological polar surface area (TPSA) is 21.3 Å². The van der Waals surface area contributed by atoms with Crippen molar-refractivity contribution < 1.29 is 4.74 Å². The van der Waals surface area contributed by atoms with Crippen LogP contribution in [-0.2, 0) is 4.74 Å². The van der Waals surface area contributed by atoms with E-state index in [1.807, 2.05) is 0 Å². The SMILES string of the molecule is CC(NCCC1CCCCC1)C1CCCO1. The zero-order valence-electron chi connectivity index (χ0n) is 10.7. The molecule has 1 aliphatic carbocycles. The largest absolute Gasteiger partial charge is 0.377 e. The molecule has 0 aromatic rings.